The molecule has 0 bridgehead atoms. The van der Waals surface area contributed by atoms with Crippen LogP contribution in [-0.4, -0.2) is 21.7 Å². The van der Waals surface area contributed by atoms with Gasteiger partial charge in [0, 0.05) is 29.2 Å². The molecule has 1 aromatic heterocycles. The zero-order valence-electron chi connectivity index (χ0n) is 16.7. The van der Waals surface area contributed by atoms with Crippen LogP contribution in [0.2, 0.25) is 0 Å². The van der Waals surface area contributed by atoms with E-state index >= 15 is 0 Å². The van der Waals surface area contributed by atoms with Gasteiger partial charge in [-0.05, 0) is 29.7 Å². The molecule has 0 fully saturated rings. The molecule has 1 heterocycles. The lowest BCUT2D eigenvalue weighted by Gasteiger charge is -2.27. The normalized spacial score (nSPS) is 12.1. The SMILES string of the molecule is CC(Cc1c[nH]c2ccccc12)=NNC(=O)C(O)(c1ccccc1)c1ccccc1. The number of fused-ring (bicyclic) bond motifs is 1. The number of para-hydroxylation sites is 1. The molecule has 0 aliphatic rings. The summed E-state index contributed by atoms with van der Waals surface area (Å²) in [5.41, 5.74) is 4.59. The minimum Gasteiger partial charge on any atom is -0.372 e. The topological polar surface area (TPSA) is 77.5 Å². The lowest BCUT2D eigenvalue weighted by molar-refractivity contribution is -0.136. The van der Waals surface area contributed by atoms with E-state index in [1.54, 1.807) is 48.5 Å². The Balaban J connectivity index is 1.58. The van der Waals surface area contributed by atoms with Crippen molar-refractivity contribution in [1.82, 2.24) is 10.4 Å². The Morgan fingerprint density at radius 3 is 2.13 bits per heavy atom. The van der Waals surface area contributed by atoms with Crippen molar-refractivity contribution >= 4 is 22.5 Å². The van der Waals surface area contributed by atoms with Crippen molar-refractivity contribution in [2.75, 3.05) is 0 Å². The average Bonchev–Trinajstić information content (AvgIpc) is 3.21. The van der Waals surface area contributed by atoms with Gasteiger partial charge in [-0.2, -0.15) is 5.10 Å². The third kappa shape index (κ3) is 3.75. The van der Waals surface area contributed by atoms with Gasteiger partial charge in [0.25, 0.3) is 5.91 Å². The van der Waals surface area contributed by atoms with E-state index in [2.05, 4.69) is 21.6 Å². The van der Waals surface area contributed by atoms with Crippen LogP contribution in [-0.2, 0) is 16.8 Å². The van der Waals surface area contributed by atoms with Gasteiger partial charge in [0.05, 0.1) is 0 Å². The third-order valence-electron chi connectivity index (χ3n) is 5.18. The number of aromatic amines is 1. The molecule has 0 atom stereocenters. The van der Waals surface area contributed by atoms with Crippen molar-refractivity contribution in [3.63, 3.8) is 0 Å². The van der Waals surface area contributed by atoms with Crippen LogP contribution in [0.15, 0.2) is 96.2 Å². The largest absolute Gasteiger partial charge is 0.372 e. The first kappa shape index (κ1) is 19.6. The summed E-state index contributed by atoms with van der Waals surface area (Å²) in [7, 11) is 0. The molecule has 1 amide bonds. The van der Waals surface area contributed by atoms with Crippen LogP contribution >= 0.6 is 0 Å². The summed E-state index contributed by atoms with van der Waals surface area (Å²) in [6.07, 6.45) is 2.54. The predicted molar refractivity (Wildman–Crippen MR) is 119 cm³/mol. The van der Waals surface area contributed by atoms with E-state index in [1.807, 2.05) is 43.5 Å². The second-order valence-electron chi connectivity index (χ2n) is 7.27. The number of hydrazone groups is 1. The maximum atomic E-state index is 13.1. The summed E-state index contributed by atoms with van der Waals surface area (Å²) < 4.78 is 0. The van der Waals surface area contributed by atoms with Gasteiger partial charge in [-0.1, -0.05) is 78.9 Å². The van der Waals surface area contributed by atoms with Crippen molar-refractivity contribution in [1.29, 1.82) is 0 Å². The van der Waals surface area contributed by atoms with Gasteiger partial charge in [-0.25, -0.2) is 5.43 Å². The van der Waals surface area contributed by atoms with Gasteiger partial charge in [0.2, 0.25) is 0 Å². The van der Waals surface area contributed by atoms with Crippen molar-refractivity contribution in [2.24, 2.45) is 5.10 Å². The number of carbonyl (C=O) groups is 1. The molecule has 0 radical (unpaired) electrons. The smallest absolute Gasteiger partial charge is 0.281 e. The summed E-state index contributed by atoms with van der Waals surface area (Å²) in [5, 5.41) is 16.8. The van der Waals surface area contributed by atoms with E-state index in [9.17, 15) is 9.90 Å². The second-order valence-corrected chi connectivity index (χ2v) is 7.27. The zero-order chi connectivity index (χ0) is 21.0. The molecule has 3 N–H and O–H groups in total. The number of rotatable bonds is 6. The Kier molecular flexibility index (Phi) is 5.46. The van der Waals surface area contributed by atoms with Crippen LogP contribution in [0.5, 0.6) is 0 Å². The highest BCUT2D eigenvalue weighted by Crippen LogP contribution is 2.29. The van der Waals surface area contributed by atoms with E-state index in [0.29, 0.717) is 17.5 Å². The number of carbonyl (C=O) groups excluding carboxylic acids is 1. The summed E-state index contributed by atoms with van der Waals surface area (Å²) in [4.78, 5) is 16.4. The first-order chi connectivity index (χ1) is 14.6. The van der Waals surface area contributed by atoms with Gasteiger partial charge in [-0.15, -0.1) is 0 Å². The third-order valence-corrected chi connectivity index (χ3v) is 5.18. The Morgan fingerprint density at radius 1 is 0.933 bits per heavy atom. The van der Waals surface area contributed by atoms with Crippen LogP contribution < -0.4 is 5.43 Å². The molecule has 30 heavy (non-hydrogen) atoms. The standard InChI is InChI=1S/C25H23N3O2/c1-18(16-19-17-26-23-15-9-8-14-22(19)23)27-28-24(29)25(30,20-10-4-2-5-11-20)21-12-6-3-7-13-21/h2-15,17,26,30H,16H2,1H3,(H,28,29). The molecule has 0 unspecified atom stereocenters. The maximum absolute atomic E-state index is 13.1. The fourth-order valence-electron chi connectivity index (χ4n) is 3.61. The number of nitrogens with zero attached hydrogens (tertiary/aromatic N) is 1. The Morgan fingerprint density at radius 2 is 1.50 bits per heavy atom. The number of benzene rings is 3. The van der Waals surface area contributed by atoms with Gasteiger partial charge in [0.15, 0.2) is 5.60 Å². The Hall–Kier alpha value is -3.70. The number of amides is 1. The van der Waals surface area contributed by atoms with Crippen molar-refractivity contribution in [2.45, 2.75) is 18.9 Å². The fourth-order valence-corrected chi connectivity index (χ4v) is 3.61. The summed E-state index contributed by atoms with van der Waals surface area (Å²) in [6, 6.07) is 25.8. The van der Waals surface area contributed by atoms with Crippen LogP contribution in [0.1, 0.15) is 23.6 Å². The highest BCUT2D eigenvalue weighted by atomic mass is 16.3. The van der Waals surface area contributed by atoms with Gasteiger partial charge in [-0.3, -0.25) is 4.79 Å². The van der Waals surface area contributed by atoms with Crippen LogP contribution in [0.4, 0.5) is 0 Å². The van der Waals surface area contributed by atoms with E-state index in [-0.39, 0.29) is 0 Å². The van der Waals surface area contributed by atoms with E-state index in [0.717, 1.165) is 22.2 Å². The van der Waals surface area contributed by atoms with E-state index in [4.69, 9.17) is 0 Å². The van der Waals surface area contributed by atoms with Crippen LogP contribution in [0.3, 0.4) is 0 Å². The van der Waals surface area contributed by atoms with Crippen molar-refractivity contribution < 1.29 is 9.90 Å². The monoisotopic (exact) mass is 397 g/mol. The minimum atomic E-state index is -1.84. The molecule has 5 heteroatoms. The maximum Gasteiger partial charge on any atom is 0.281 e. The average molecular weight is 397 g/mol. The van der Waals surface area contributed by atoms with Gasteiger partial charge in [0.1, 0.15) is 0 Å². The highest BCUT2D eigenvalue weighted by Gasteiger charge is 2.39. The molecule has 4 rings (SSSR count). The fraction of sp³-hybridized carbons (Fsp3) is 0.120. The number of nitrogens with one attached hydrogen (secondary N) is 2. The Labute approximate surface area is 175 Å². The molecule has 0 aliphatic carbocycles. The first-order valence-corrected chi connectivity index (χ1v) is 9.81. The lowest BCUT2D eigenvalue weighted by atomic mass is 9.85. The summed E-state index contributed by atoms with van der Waals surface area (Å²) in [6.45, 7) is 1.85. The molecular formula is C25H23N3O2. The first-order valence-electron chi connectivity index (χ1n) is 9.81. The molecule has 0 aliphatic heterocycles. The van der Waals surface area contributed by atoms with Crippen molar-refractivity contribution in [3.05, 3.63) is 108 Å². The zero-order valence-corrected chi connectivity index (χ0v) is 16.7. The summed E-state index contributed by atoms with van der Waals surface area (Å²) in [5.74, 6) is -0.599. The molecule has 3 aromatic carbocycles. The lowest BCUT2D eigenvalue weighted by Crippen LogP contribution is -2.43. The van der Waals surface area contributed by atoms with Gasteiger partial charge < -0.3 is 10.1 Å². The number of aromatic nitrogens is 1. The Bertz CT molecular complexity index is 1140. The van der Waals surface area contributed by atoms with Crippen molar-refractivity contribution in [3.8, 4) is 0 Å². The van der Waals surface area contributed by atoms with E-state index in [1.165, 1.54) is 0 Å². The summed E-state index contributed by atoms with van der Waals surface area (Å²) >= 11 is 0. The number of aliphatic hydroxyl groups is 1. The minimum absolute atomic E-state index is 0.484. The van der Waals surface area contributed by atoms with Crippen LogP contribution in [0, 0.1) is 0 Å². The predicted octanol–water partition coefficient (Wildman–Crippen LogP) is 4.14. The quantitative estimate of drug-likeness (QED) is 0.338. The molecule has 150 valence electrons. The molecule has 4 aromatic rings. The number of hydrogen-bond acceptors (Lipinski definition) is 3. The second kappa shape index (κ2) is 8.35. The number of hydrogen-bond donors (Lipinski definition) is 3. The van der Waals surface area contributed by atoms with Crippen LogP contribution in [0.25, 0.3) is 10.9 Å². The molecule has 0 saturated carbocycles. The molecule has 5 nitrogen and oxygen atoms in total. The molecule has 0 spiro atoms. The van der Waals surface area contributed by atoms with E-state index < -0.39 is 11.5 Å². The molecular weight excluding hydrogens is 374 g/mol. The highest BCUT2D eigenvalue weighted by molar-refractivity contribution is 5.94. The number of H-pyrrole nitrogens is 1. The molecule has 0 saturated heterocycles. The van der Waals surface area contributed by atoms with Gasteiger partial charge >= 0.3 is 0 Å².